The Bertz CT molecular complexity index is 848. The number of ether oxygens (including phenoxy) is 3. The molecule has 1 atom stereocenters. The predicted octanol–water partition coefficient (Wildman–Crippen LogP) is 3.57. The van der Waals surface area contributed by atoms with Crippen molar-refractivity contribution in [1.82, 2.24) is 0 Å². The number of unbranched alkanes of at least 4 members (excludes halogenated alkanes) is 1. The molecule has 0 rings (SSSR count). The fourth-order valence-electron chi connectivity index (χ4n) is 1.91. The molecule has 0 aliphatic rings. The highest BCUT2D eigenvalue weighted by Crippen LogP contribution is 2.42. The van der Waals surface area contributed by atoms with E-state index >= 15 is 0 Å². The van der Waals surface area contributed by atoms with Crippen molar-refractivity contribution in [2.45, 2.75) is 68.8 Å². The average Bonchev–Trinajstić information content (AvgIpc) is 2.56. The third-order valence-corrected chi connectivity index (χ3v) is 4.36. The van der Waals surface area contributed by atoms with Crippen LogP contribution in [0.25, 0.3) is 0 Å². The Kier molecular flexibility index (Phi) is 9.47. The van der Waals surface area contributed by atoms with Gasteiger partial charge in [-0.05, 0) is 33.6 Å². The molecule has 0 aliphatic carbocycles. The first-order valence-electron chi connectivity index (χ1n) is 8.64. The van der Waals surface area contributed by atoms with Crippen molar-refractivity contribution in [3.63, 3.8) is 0 Å². The van der Waals surface area contributed by atoms with E-state index in [0.29, 0.717) is 0 Å². The van der Waals surface area contributed by atoms with Gasteiger partial charge in [0.1, 0.15) is 5.60 Å². The number of halogens is 8. The fourth-order valence-corrected chi connectivity index (χ4v) is 2.38. The van der Waals surface area contributed by atoms with Crippen LogP contribution in [0.4, 0.5) is 35.1 Å². The largest absolute Gasteiger partial charge is 0.743 e. The highest BCUT2D eigenvalue weighted by Gasteiger charge is 2.68. The summed E-state index contributed by atoms with van der Waals surface area (Å²) < 4.78 is 150. The zero-order valence-electron chi connectivity index (χ0n) is 17.2. The van der Waals surface area contributed by atoms with Crippen LogP contribution < -0.4 is 0 Å². The quantitative estimate of drug-likeness (QED) is 0.101. The minimum Gasteiger partial charge on any atom is -0.743 e. The van der Waals surface area contributed by atoms with Crippen molar-refractivity contribution in [2.75, 3.05) is 6.61 Å². The van der Waals surface area contributed by atoms with Crippen LogP contribution in [0.3, 0.4) is 0 Å². The standard InChI is InChI=1S/C16H20F8O8S/c1-9(17)10(25)31-14(15(20,21)22,11(26)32-12(2,3)4)30-8-6-5-7-13(18,19)16(23,24)33(27,28)29/h1,5-8H2,2-4H3,(H,27,28,29)/p-1. The van der Waals surface area contributed by atoms with E-state index in [1.54, 1.807) is 0 Å². The van der Waals surface area contributed by atoms with E-state index in [1.807, 2.05) is 0 Å². The van der Waals surface area contributed by atoms with Crippen LogP contribution in [0.2, 0.25) is 0 Å². The zero-order valence-corrected chi connectivity index (χ0v) is 18.0. The van der Waals surface area contributed by atoms with Crippen molar-refractivity contribution < 1.29 is 71.9 Å². The second kappa shape index (κ2) is 10.1. The van der Waals surface area contributed by atoms with Gasteiger partial charge in [-0.25, -0.2) is 18.0 Å². The first-order valence-corrected chi connectivity index (χ1v) is 10.0. The molecule has 0 aromatic carbocycles. The van der Waals surface area contributed by atoms with Gasteiger partial charge in [-0.1, -0.05) is 6.58 Å². The minimum absolute atomic E-state index is 0.973. The van der Waals surface area contributed by atoms with Crippen LogP contribution in [-0.2, 0) is 33.9 Å². The van der Waals surface area contributed by atoms with Gasteiger partial charge in [-0.2, -0.15) is 35.1 Å². The highest BCUT2D eigenvalue weighted by atomic mass is 32.2. The molecule has 194 valence electrons. The Hall–Kier alpha value is -2.01. The third-order valence-electron chi connectivity index (χ3n) is 3.43. The van der Waals surface area contributed by atoms with Gasteiger partial charge in [0.25, 0.3) is 0 Å². The van der Waals surface area contributed by atoms with E-state index in [-0.39, 0.29) is 0 Å². The van der Waals surface area contributed by atoms with Crippen LogP contribution in [0.5, 0.6) is 0 Å². The molecular formula is C16H19F8O8S-. The molecule has 0 aromatic rings. The molecule has 0 heterocycles. The van der Waals surface area contributed by atoms with Crippen molar-refractivity contribution in [3.8, 4) is 0 Å². The molecule has 0 bridgehead atoms. The molecule has 0 fully saturated rings. The Labute approximate surface area is 182 Å². The second-order valence-electron chi connectivity index (χ2n) is 7.39. The maximum absolute atomic E-state index is 13.6. The van der Waals surface area contributed by atoms with Crippen molar-refractivity contribution in [2.24, 2.45) is 0 Å². The van der Waals surface area contributed by atoms with Crippen molar-refractivity contribution in [1.29, 1.82) is 0 Å². The smallest absolute Gasteiger partial charge is 0.468 e. The lowest BCUT2D eigenvalue weighted by Gasteiger charge is -2.34. The molecule has 0 saturated carbocycles. The summed E-state index contributed by atoms with van der Waals surface area (Å²) in [6, 6.07) is 0. The lowest BCUT2D eigenvalue weighted by atomic mass is 10.1. The Balaban J connectivity index is 5.66. The zero-order chi connectivity index (χ0) is 26.7. The third kappa shape index (κ3) is 7.77. The summed E-state index contributed by atoms with van der Waals surface area (Å²) in [6.07, 6.45) is -10.0. The van der Waals surface area contributed by atoms with E-state index in [0.717, 1.165) is 20.8 Å². The number of alkyl halides is 7. The van der Waals surface area contributed by atoms with Crippen LogP contribution in [-0.4, -0.2) is 60.3 Å². The SMILES string of the molecule is C=C(F)C(=O)OC(OCCCCC(F)(F)C(F)(F)S(=O)(=O)[O-])(C(=O)OC(C)(C)C)C(F)(F)F. The highest BCUT2D eigenvalue weighted by molar-refractivity contribution is 7.86. The number of carbonyl (C=O) groups is 2. The fraction of sp³-hybridized carbons (Fsp3) is 0.750. The molecule has 0 aromatic heterocycles. The Morgan fingerprint density at radius 3 is 1.79 bits per heavy atom. The van der Waals surface area contributed by atoms with Gasteiger partial charge >= 0.3 is 35.1 Å². The summed E-state index contributed by atoms with van der Waals surface area (Å²) in [7, 11) is -6.77. The summed E-state index contributed by atoms with van der Waals surface area (Å²) in [5.41, 5.74) is -1.62. The number of carbonyl (C=O) groups excluding carboxylic acids is 2. The summed E-state index contributed by atoms with van der Waals surface area (Å²) in [6.45, 7) is 4.33. The molecule has 0 aliphatic heterocycles. The molecule has 0 radical (unpaired) electrons. The summed E-state index contributed by atoms with van der Waals surface area (Å²) in [4.78, 5) is 23.5. The Morgan fingerprint density at radius 1 is 0.939 bits per heavy atom. The van der Waals surface area contributed by atoms with Gasteiger partial charge in [0, 0.05) is 6.42 Å². The van der Waals surface area contributed by atoms with Crippen LogP contribution in [0, 0.1) is 0 Å². The van der Waals surface area contributed by atoms with Gasteiger partial charge in [-0.3, -0.25) is 0 Å². The van der Waals surface area contributed by atoms with E-state index < -0.39 is 82.5 Å². The van der Waals surface area contributed by atoms with E-state index in [4.69, 9.17) is 0 Å². The van der Waals surface area contributed by atoms with E-state index in [9.17, 15) is 57.7 Å². The maximum atomic E-state index is 13.6. The molecular weight excluding hydrogens is 504 g/mol. The number of esters is 2. The first-order chi connectivity index (χ1) is 14.4. The average molecular weight is 523 g/mol. The van der Waals surface area contributed by atoms with Crippen LogP contribution in [0.1, 0.15) is 40.0 Å². The summed E-state index contributed by atoms with van der Waals surface area (Å²) in [5, 5.41) is -6.01. The van der Waals surface area contributed by atoms with Crippen molar-refractivity contribution in [3.05, 3.63) is 12.4 Å². The maximum Gasteiger partial charge on any atom is 0.468 e. The number of hydrogen-bond acceptors (Lipinski definition) is 8. The van der Waals surface area contributed by atoms with E-state index in [2.05, 4.69) is 20.8 Å². The summed E-state index contributed by atoms with van der Waals surface area (Å²) in [5.74, 6) is -16.8. The second-order valence-corrected chi connectivity index (χ2v) is 8.81. The predicted molar refractivity (Wildman–Crippen MR) is 90.4 cm³/mol. The summed E-state index contributed by atoms with van der Waals surface area (Å²) >= 11 is 0. The lowest BCUT2D eigenvalue weighted by Crippen LogP contribution is -2.59. The van der Waals surface area contributed by atoms with Gasteiger partial charge in [0.2, 0.25) is 5.83 Å². The molecule has 0 N–H and O–H groups in total. The van der Waals surface area contributed by atoms with Gasteiger partial charge in [0.15, 0.2) is 10.1 Å². The van der Waals surface area contributed by atoms with Gasteiger partial charge in [0.05, 0.1) is 6.61 Å². The topological polar surface area (TPSA) is 119 Å². The van der Waals surface area contributed by atoms with Gasteiger partial charge < -0.3 is 18.8 Å². The monoisotopic (exact) mass is 523 g/mol. The normalized spacial score (nSPS) is 15.5. The number of rotatable bonds is 11. The molecule has 0 spiro atoms. The van der Waals surface area contributed by atoms with E-state index in [1.165, 1.54) is 0 Å². The van der Waals surface area contributed by atoms with Gasteiger partial charge in [-0.15, -0.1) is 0 Å². The minimum atomic E-state index is -6.77. The molecule has 33 heavy (non-hydrogen) atoms. The van der Waals surface area contributed by atoms with Crippen molar-refractivity contribution >= 4 is 22.1 Å². The molecule has 0 saturated heterocycles. The molecule has 8 nitrogen and oxygen atoms in total. The van der Waals surface area contributed by atoms with Crippen LogP contribution in [0.15, 0.2) is 12.4 Å². The molecule has 17 heteroatoms. The number of hydrogen-bond donors (Lipinski definition) is 0. The Morgan fingerprint density at radius 2 is 1.42 bits per heavy atom. The molecule has 1 unspecified atom stereocenters. The van der Waals surface area contributed by atoms with Crippen LogP contribution >= 0.6 is 0 Å². The first kappa shape index (κ1) is 31.0. The lowest BCUT2D eigenvalue weighted by molar-refractivity contribution is -0.357. The molecule has 0 amide bonds.